The zero-order valence-corrected chi connectivity index (χ0v) is 11.3. The maximum Gasteiger partial charge on any atom is 0.0506 e. The molecule has 2 aliphatic rings. The van der Waals surface area contributed by atoms with E-state index in [1.54, 1.807) is 0 Å². The summed E-state index contributed by atoms with van der Waals surface area (Å²) in [6.07, 6.45) is 5.36. The fourth-order valence-corrected chi connectivity index (χ4v) is 2.80. The number of nitrogens with zero attached hydrogens (tertiary/aromatic N) is 1. The van der Waals surface area contributed by atoms with Crippen LogP contribution in [0, 0.1) is 11.8 Å². The molecule has 0 saturated carbocycles. The van der Waals surface area contributed by atoms with Crippen LogP contribution in [-0.4, -0.2) is 50.8 Å². The van der Waals surface area contributed by atoms with Crippen molar-refractivity contribution < 1.29 is 4.74 Å². The molecule has 3 nitrogen and oxygen atoms in total. The van der Waals surface area contributed by atoms with Crippen LogP contribution in [0.2, 0.25) is 0 Å². The van der Waals surface area contributed by atoms with E-state index < -0.39 is 0 Å². The van der Waals surface area contributed by atoms with Crippen LogP contribution in [-0.2, 0) is 4.74 Å². The Morgan fingerprint density at radius 3 is 2.76 bits per heavy atom. The predicted molar refractivity (Wildman–Crippen MR) is 71.3 cm³/mol. The number of rotatable bonds is 5. The van der Waals surface area contributed by atoms with Gasteiger partial charge in [0.15, 0.2) is 0 Å². The fraction of sp³-hybridized carbons (Fsp3) is 1.00. The summed E-state index contributed by atoms with van der Waals surface area (Å²) in [5.74, 6) is 1.70. The molecule has 1 atom stereocenters. The van der Waals surface area contributed by atoms with Gasteiger partial charge in [-0.3, -0.25) is 0 Å². The predicted octanol–water partition coefficient (Wildman–Crippen LogP) is 1.73. The van der Waals surface area contributed by atoms with Gasteiger partial charge in [0.05, 0.1) is 6.61 Å². The molecule has 100 valence electrons. The van der Waals surface area contributed by atoms with Gasteiger partial charge in [-0.15, -0.1) is 0 Å². The lowest BCUT2D eigenvalue weighted by Gasteiger charge is -2.30. The summed E-state index contributed by atoms with van der Waals surface area (Å²) >= 11 is 0. The van der Waals surface area contributed by atoms with Crippen LogP contribution in [0.25, 0.3) is 0 Å². The van der Waals surface area contributed by atoms with Gasteiger partial charge in [-0.05, 0) is 50.6 Å². The van der Waals surface area contributed by atoms with Crippen molar-refractivity contribution in [1.82, 2.24) is 10.2 Å². The molecule has 2 heterocycles. The third-order valence-electron chi connectivity index (χ3n) is 4.17. The third-order valence-corrected chi connectivity index (χ3v) is 4.17. The maximum absolute atomic E-state index is 5.49. The number of hydrogen-bond acceptors (Lipinski definition) is 3. The Morgan fingerprint density at radius 1 is 1.24 bits per heavy atom. The van der Waals surface area contributed by atoms with Crippen molar-refractivity contribution >= 4 is 0 Å². The molecule has 0 radical (unpaired) electrons. The average molecular weight is 240 g/mol. The average Bonchev–Trinajstić information content (AvgIpc) is 2.38. The summed E-state index contributed by atoms with van der Waals surface area (Å²) in [5.41, 5.74) is 0. The minimum atomic E-state index is 0.755. The highest BCUT2D eigenvalue weighted by atomic mass is 16.5. The molecule has 0 aromatic rings. The first-order valence-corrected chi connectivity index (χ1v) is 7.35. The Hall–Kier alpha value is -0.120. The SMILES string of the molecule is CC1CCN(CCNCC2CCCOC2)CC1. The van der Waals surface area contributed by atoms with Gasteiger partial charge in [0.25, 0.3) is 0 Å². The van der Waals surface area contributed by atoms with Crippen molar-refractivity contribution in [2.24, 2.45) is 11.8 Å². The molecule has 0 amide bonds. The molecule has 17 heavy (non-hydrogen) atoms. The summed E-state index contributed by atoms with van der Waals surface area (Å²) in [7, 11) is 0. The lowest BCUT2D eigenvalue weighted by atomic mass is 9.99. The van der Waals surface area contributed by atoms with Crippen molar-refractivity contribution in [2.45, 2.75) is 32.6 Å². The summed E-state index contributed by atoms with van der Waals surface area (Å²) < 4.78 is 5.49. The highest BCUT2D eigenvalue weighted by molar-refractivity contribution is 4.71. The zero-order valence-electron chi connectivity index (χ0n) is 11.3. The largest absolute Gasteiger partial charge is 0.381 e. The Balaban J connectivity index is 1.48. The van der Waals surface area contributed by atoms with Gasteiger partial charge in [-0.2, -0.15) is 0 Å². The highest BCUT2D eigenvalue weighted by Gasteiger charge is 2.16. The van der Waals surface area contributed by atoms with Gasteiger partial charge in [0.2, 0.25) is 0 Å². The van der Waals surface area contributed by atoms with Gasteiger partial charge in [-0.1, -0.05) is 6.92 Å². The van der Waals surface area contributed by atoms with E-state index in [-0.39, 0.29) is 0 Å². The van der Waals surface area contributed by atoms with Gasteiger partial charge in [-0.25, -0.2) is 0 Å². The van der Waals surface area contributed by atoms with Crippen LogP contribution in [0.1, 0.15) is 32.6 Å². The third kappa shape index (κ3) is 4.94. The van der Waals surface area contributed by atoms with E-state index in [1.807, 2.05) is 0 Å². The van der Waals surface area contributed by atoms with Crippen molar-refractivity contribution in [1.29, 1.82) is 0 Å². The molecule has 2 saturated heterocycles. The van der Waals surface area contributed by atoms with Crippen molar-refractivity contribution in [3.8, 4) is 0 Å². The van der Waals surface area contributed by atoms with Gasteiger partial charge >= 0.3 is 0 Å². The lowest BCUT2D eigenvalue weighted by Crippen LogP contribution is -2.39. The summed E-state index contributed by atoms with van der Waals surface area (Å²) in [5, 5.41) is 3.59. The van der Waals surface area contributed by atoms with E-state index in [0.29, 0.717) is 0 Å². The molecule has 0 aliphatic carbocycles. The molecule has 2 rings (SSSR count). The monoisotopic (exact) mass is 240 g/mol. The van der Waals surface area contributed by atoms with E-state index in [1.165, 1.54) is 45.3 Å². The zero-order chi connectivity index (χ0) is 11.9. The molecule has 0 aromatic carbocycles. The minimum absolute atomic E-state index is 0.755. The van der Waals surface area contributed by atoms with Crippen molar-refractivity contribution in [2.75, 3.05) is 45.9 Å². The van der Waals surface area contributed by atoms with Crippen LogP contribution >= 0.6 is 0 Å². The minimum Gasteiger partial charge on any atom is -0.381 e. The fourth-order valence-electron chi connectivity index (χ4n) is 2.80. The maximum atomic E-state index is 5.49. The molecule has 1 unspecified atom stereocenters. The van der Waals surface area contributed by atoms with E-state index in [0.717, 1.165) is 38.1 Å². The van der Waals surface area contributed by atoms with Crippen LogP contribution in [0.4, 0.5) is 0 Å². The van der Waals surface area contributed by atoms with Crippen molar-refractivity contribution in [3.63, 3.8) is 0 Å². The lowest BCUT2D eigenvalue weighted by molar-refractivity contribution is 0.0545. The second kappa shape index (κ2) is 7.34. The first kappa shape index (κ1) is 13.3. The number of hydrogen-bond donors (Lipinski definition) is 1. The number of likely N-dealkylation sites (tertiary alicyclic amines) is 1. The Bertz CT molecular complexity index is 196. The van der Waals surface area contributed by atoms with Gasteiger partial charge in [0.1, 0.15) is 0 Å². The Labute approximate surface area is 106 Å². The summed E-state index contributed by atoms with van der Waals surface area (Å²) in [6.45, 7) is 10.4. The van der Waals surface area contributed by atoms with Crippen molar-refractivity contribution in [3.05, 3.63) is 0 Å². The smallest absolute Gasteiger partial charge is 0.0506 e. The van der Waals surface area contributed by atoms with E-state index in [9.17, 15) is 0 Å². The van der Waals surface area contributed by atoms with Crippen LogP contribution < -0.4 is 5.32 Å². The molecule has 0 aromatic heterocycles. The quantitative estimate of drug-likeness (QED) is 0.741. The topological polar surface area (TPSA) is 24.5 Å². The Kier molecular flexibility index (Phi) is 5.75. The molecule has 0 spiro atoms. The van der Waals surface area contributed by atoms with E-state index in [4.69, 9.17) is 4.74 Å². The molecule has 0 bridgehead atoms. The number of ether oxygens (including phenoxy) is 1. The molecule has 2 aliphatic heterocycles. The normalized spacial score (nSPS) is 28.4. The summed E-state index contributed by atoms with van der Waals surface area (Å²) in [4.78, 5) is 2.60. The van der Waals surface area contributed by atoms with E-state index >= 15 is 0 Å². The number of nitrogens with one attached hydrogen (secondary N) is 1. The molecule has 1 N–H and O–H groups in total. The van der Waals surface area contributed by atoms with Crippen LogP contribution in [0.5, 0.6) is 0 Å². The van der Waals surface area contributed by atoms with Gasteiger partial charge < -0.3 is 15.0 Å². The van der Waals surface area contributed by atoms with Gasteiger partial charge in [0, 0.05) is 26.2 Å². The van der Waals surface area contributed by atoms with Crippen LogP contribution in [0.3, 0.4) is 0 Å². The standard InChI is InChI=1S/C14H28N2O/c1-13-4-7-16(8-5-13)9-6-15-11-14-3-2-10-17-12-14/h13-15H,2-12H2,1H3. The molecule has 3 heteroatoms. The summed E-state index contributed by atoms with van der Waals surface area (Å²) in [6, 6.07) is 0. The molecular weight excluding hydrogens is 212 g/mol. The first-order valence-electron chi connectivity index (χ1n) is 7.35. The highest BCUT2D eigenvalue weighted by Crippen LogP contribution is 2.15. The first-order chi connectivity index (χ1) is 8.34. The molecule has 2 fully saturated rings. The van der Waals surface area contributed by atoms with Crippen LogP contribution in [0.15, 0.2) is 0 Å². The van der Waals surface area contributed by atoms with E-state index in [2.05, 4.69) is 17.1 Å². The number of piperidine rings is 1. The Morgan fingerprint density at radius 2 is 2.06 bits per heavy atom. The molecular formula is C14H28N2O. The second-order valence-corrected chi connectivity index (χ2v) is 5.81. The second-order valence-electron chi connectivity index (χ2n) is 5.81.